The zero-order chi connectivity index (χ0) is 18.7. The molecule has 6 nitrogen and oxygen atoms in total. The summed E-state index contributed by atoms with van der Waals surface area (Å²) in [5.41, 5.74) is 1.93. The number of para-hydroxylation sites is 1. The van der Waals surface area contributed by atoms with Crippen LogP contribution < -0.4 is 0 Å². The fourth-order valence-corrected chi connectivity index (χ4v) is 3.30. The molecule has 0 saturated carbocycles. The molecule has 0 fully saturated rings. The van der Waals surface area contributed by atoms with Gasteiger partial charge in [-0.3, -0.25) is 10.1 Å². The van der Waals surface area contributed by atoms with Gasteiger partial charge in [0, 0.05) is 28.8 Å². The summed E-state index contributed by atoms with van der Waals surface area (Å²) in [5.74, 6) is 0.217. The van der Waals surface area contributed by atoms with E-state index in [0.29, 0.717) is 16.9 Å². The van der Waals surface area contributed by atoms with E-state index in [1.807, 2.05) is 24.5 Å². The van der Waals surface area contributed by atoms with Crippen LogP contribution in [0.4, 0.5) is 5.69 Å². The predicted octanol–water partition coefficient (Wildman–Crippen LogP) is 5.12. The van der Waals surface area contributed by atoms with E-state index in [4.69, 9.17) is 9.15 Å². The number of ether oxygens (including phenoxy) is 1. The van der Waals surface area contributed by atoms with Crippen molar-refractivity contribution in [2.24, 2.45) is 0 Å². The van der Waals surface area contributed by atoms with E-state index in [9.17, 15) is 14.9 Å². The minimum Gasteiger partial charge on any atom is -0.452 e. The predicted molar refractivity (Wildman–Crippen MR) is 100 cm³/mol. The Bertz CT molecular complexity index is 965. The van der Waals surface area contributed by atoms with E-state index in [-0.39, 0.29) is 11.4 Å². The number of fused-ring (bicyclic) bond motifs is 1. The number of benzene rings is 2. The lowest BCUT2D eigenvalue weighted by Crippen LogP contribution is -2.10. The highest BCUT2D eigenvalue weighted by Crippen LogP contribution is 2.31. The van der Waals surface area contributed by atoms with Gasteiger partial charge < -0.3 is 9.15 Å². The fraction of sp³-hybridized carbons (Fsp3) is 0.211. The van der Waals surface area contributed by atoms with Crippen LogP contribution in [0, 0.1) is 10.1 Å². The van der Waals surface area contributed by atoms with Crippen LogP contribution in [0.5, 0.6) is 0 Å². The average Bonchev–Trinajstić information content (AvgIpc) is 3.01. The maximum absolute atomic E-state index is 12.7. The van der Waals surface area contributed by atoms with Gasteiger partial charge in [-0.05, 0) is 24.8 Å². The Balaban J connectivity index is 1.88. The number of hydrogen-bond acceptors (Lipinski definition) is 6. The molecule has 0 saturated heterocycles. The number of thioether (sulfide) groups is 1. The molecule has 0 radical (unpaired) electrons. The molecule has 26 heavy (non-hydrogen) atoms. The van der Waals surface area contributed by atoms with Gasteiger partial charge >= 0.3 is 5.97 Å². The molecule has 1 aromatic heterocycles. The highest BCUT2D eigenvalue weighted by Gasteiger charge is 2.24. The first-order valence-electron chi connectivity index (χ1n) is 7.96. The number of rotatable bonds is 6. The Morgan fingerprint density at radius 2 is 2.04 bits per heavy atom. The molecule has 0 spiro atoms. The van der Waals surface area contributed by atoms with Crippen LogP contribution in [0.3, 0.4) is 0 Å². The van der Waals surface area contributed by atoms with Crippen LogP contribution in [0.25, 0.3) is 11.0 Å². The van der Waals surface area contributed by atoms with Crippen LogP contribution in [0.2, 0.25) is 0 Å². The third-order valence-electron chi connectivity index (χ3n) is 4.01. The van der Waals surface area contributed by atoms with E-state index in [0.717, 1.165) is 10.9 Å². The van der Waals surface area contributed by atoms with E-state index >= 15 is 0 Å². The molecule has 0 aliphatic heterocycles. The number of furan rings is 1. The summed E-state index contributed by atoms with van der Waals surface area (Å²) in [5, 5.41) is 11.8. The molecule has 3 aromatic rings. The second kappa shape index (κ2) is 7.61. The van der Waals surface area contributed by atoms with Crippen LogP contribution >= 0.6 is 11.8 Å². The molecule has 1 unspecified atom stereocenters. The van der Waals surface area contributed by atoms with E-state index in [2.05, 4.69) is 0 Å². The SMILES string of the molecule is CSCc1c(C(=O)OC(C)c2cccc([N+](=O)[O-])c2)oc2ccccc12. The molecule has 0 aliphatic carbocycles. The molecule has 134 valence electrons. The van der Waals surface area contributed by atoms with Gasteiger partial charge in [-0.1, -0.05) is 30.3 Å². The quantitative estimate of drug-likeness (QED) is 0.340. The number of hydrogen-bond donors (Lipinski definition) is 0. The molecule has 0 N–H and O–H groups in total. The largest absolute Gasteiger partial charge is 0.452 e. The van der Waals surface area contributed by atoms with Gasteiger partial charge in [-0.25, -0.2) is 4.79 Å². The third-order valence-corrected chi connectivity index (χ3v) is 4.58. The van der Waals surface area contributed by atoms with Gasteiger partial charge in [0.1, 0.15) is 11.7 Å². The topological polar surface area (TPSA) is 82.6 Å². The van der Waals surface area contributed by atoms with Crippen molar-refractivity contribution in [3.05, 3.63) is 75.5 Å². The molecule has 0 aliphatic rings. The van der Waals surface area contributed by atoms with Crippen molar-refractivity contribution in [3.8, 4) is 0 Å². The molecule has 2 aromatic carbocycles. The van der Waals surface area contributed by atoms with Gasteiger partial charge in [0.25, 0.3) is 5.69 Å². The van der Waals surface area contributed by atoms with Crippen LogP contribution in [-0.4, -0.2) is 17.1 Å². The summed E-state index contributed by atoms with van der Waals surface area (Å²) in [6.07, 6.45) is 1.31. The Labute approximate surface area is 154 Å². The molecule has 1 heterocycles. The van der Waals surface area contributed by atoms with Crippen molar-refractivity contribution in [2.75, 3.05) is 6.26 Å². The van der Waals surface area contributed by atoms with Gasteiger partial charge in [-0.15, -0.1) is 0 Å². The summed E-state index contributed by atoms with van der Waals surface area (Å²) in [6, 6.07) is 13.5. The lowest BCUT2D eigenvalue weighted by molar-refractivity contribution is -0.385. The number of esters is 1. The molecule has 1 atom stereocenters. The van der Waals surface area contributed by atoms with Gasteiger partial charge in [0.15, 0.2) is 0 Å². The lowest BCUT2D eigenvalue weighted by Gasteiger charge is -2.13. The fourth-order valence-electron chi connectivity index (χ4n) is 2.72. The smallest absolute Gasteiger partial charge is 0.375 e. The van der Waals surface area contributed by atoms with Crippen molar-refractivity contribution in [2.45, 2.75) is 18.8 Å². The highest BCUT2D eigenvalue weighted by atomic mass is 32.2. The van der Waals surface area contributed by atoms with Gasteiger partial charge in [-0.2, -0.15) is 11.8 Å². The second-order valence-corrected chi connectivity index (χ2v) is 6.60. The number of nitrogens with zero attached hydrogens (tertiary/aromatic N) is 1. The number of carbonyl (C=O) groups excluding carboxylic acids is 1. The molecule has 0 bridgehead atoms. The lowest BCUT2D eigenvalue weighted by atomic mass is 10.1. The number of nitro groups is 1. The van der Waals surface area contributed by atoms with Crippen LogP contribution in [-0.2, 0) is 10.5 Å². The van der Waals surface area contributed by atoms with Crippen molar-refractivity contribution in [3.63, 3.8) is 0 Å². The van der Waals surface area contributed by atoms with E-state index in [1.165, 1.54) is 12.1 Å². The molecule has 0 amide bonds. The van der Waals surface area contributed by atoms with E-state index < -0.39 is 17.0 Å². The molecule has 3 rings (SSSR count). The standard InChI is InChI=1S/C19H17NO5S/c1-12(13-6-5-7-14(10-13)20(22)23)24-19(21)18-16(11-26-2)15-8-3-4-9-17(15)25-18/h3-10,12H,11H2,1-2H3. The van der Waals surface area contributed by atoms with Crippen molar-refractivity contribution >= 4 is 34.4 Å². The summed E-state index contributed by atoms with van der Waals surface area (Å²) in [7, 11) is 0. The monoisotopic (exact) mass is 371 g/mol. The maximum Gasteiger partial charge on any atom is 0.375 e. The second-order valence-electron chi connectivity index (χ2n) is 5.74. The zero-order valence-corrected chi connectivity index (χ0v) is 15.1. The normalized spacial score (nSPS) is 12.1. The van der Waals surface area contributed by atoms with Crippen molar-refractivity contribution in [1.82, 2.24) is 0 Å². The first-order chi connectivity index (χ1) is 12.5. The van der Waals surface area contributed by atoms with Gasteiger partial charge in [0.2, 0.25) is 5.76 Å². The maximum atomic E-state index is 12.7. The summed E-state index contributed by atoms with van der Waals surface area (Å²) in [6.45, 7) is 1.67. The Morgan fingerprint density at radius 3 is 2.77 bits per heavy atom. The summed E-state index contributed by atoms with van der Waals surface area (Å²) < 4.78 is 11.2. The number of carbonyl (C=O) groups is 1. The minimum absolute atomic E-state index is 0.0443. The summed E-state index contributed by atoms with van der Waals surface area (Å²) in [4.78, 5) is 23.1. The van der Waals surface area contributed by atoms with E-state index in [1.54, 1.807) is 36.9 Å². The third kappa shape index (κ3) is 3.57. The van der Waals surface area contributed by atoms with Gasteiger partial charge in [0.05, 0.1) is 4.92 Å². The first-order valence-corrected chi connectivity index (χ1v) is 9.35. The zero-order valence-electron chi connectivity index (χ0n) is 14.3. The minimum atomic E-state index is -0.641. The molecular formula is C19H17NO5S. The average molecular weight is 371 g/mol. The number of non-ortho nitro benzene ring substituents is 1. The molecule has 7 heteroatoms. The van der Waals surface area contributed by atoms with Crippen LogP contribution in [0.15, 0.2) is 52.9 Å². The molecular weight excluding hydrogens is 354 g/mol. The number of nitro benzene ring substituents is 1. The summed E-state index contributed by atoms with van der Waals surface area (Å²) >= 11 is 1.58. The van der Waals surface area contributed by atoms with Crippen LogP contribution in [0.1, 0.15) is 34.7 Å². The Hall–Kier alpha value is -2.80. The first kappa shape index (κ1) is 18.0. The Kier molecular flexibility index (Phi) is 5.27. The van der Waals surface area contributed by atoms with Crippen molar-refractivity contribution < 1.29 is 18.9 Å². The Morgan fingerprint density at radius 1 is 1.27 bits per heavy atom. The highest BCUT2D eigenvalue weighted by molar-refractivity contribution is 7.97. The van der Waals surface area contributed by atoms with Crippen molar-refractivity contribution in [1.29, 1.82) is 0 Å².